The van der Waals surface area contributed by atoms with Gasteiger partial charge in [0, 0.05) is 39.6 Å². The molecule has 0 N–H and O–H groups in total. The summed E-state index contributed by atoms with van der Waals surface area (Å²) in [5, 5.41) is 0. The van der Waals surface area contributed by atoms with Gasteiger partial charge in [-0.1, -0.05) is 30.3 Å². The molecule has 2 amide bonds. The first kappa shape index (κ1) is 16.0. The summed E-state index contributed by atoms with van der Waals surface area (Å²) in [6.45, 7) is 6.06. The third-order valence-electron chi connectivity index (χ3n) is 4.87. The second-order valence-corrected chi connectivity index (χ2v) is 6.46. The van der Waals surface area contributed by atoms with Gasteiger partial charge in [-0.3, -0.25) is 14.5 Å². The maximum absolute atomic E-state index is 12.4. The fraction of sp³-hybridized carbons (Fsp3) is 0.556. The average molecular weight is 315 g/mol. The van der Waals surface area contributed by atoms with Crippen LogP contribution in [0.15, 0.2) is 30.3 Å². The first-order valence-electron chi connectivity index (χ1n) is 8.47. The predicted molar refractivity (Wildman–Crippen MR) is 88.8 cm³/mol. The number of benzene rings is 1. The Kier molecular flexibility index (Phi) is 4.96. The van der Waals surface area contributed by atoms with Gasteiger partial charge in [0.15, 0.2) is 0 Å². The number of hydrogen-bond donors (Lipinski definition) is 0. The van der Waals surface area contributed by atoms with Crippen LogP contribution in [0, 0.1) is 0 Å². The zero-order chi connectivity index (χ0) is 16.2. The Bertz CT molecular complexity index is 555. The Morgan fingerprint density at radius 1 is 1.04 bits per heavy atom. The molecule has 1 aromatic rings. The van der Waals surface area contributed by atoms with Crippen LogP contribution in [0.25, 0.3) is 0 Å². The van der Waals surface area contributed by atoms with Crippen molar-refractivity contribution in [3.63, 3.8) is 0 Å². The summed E-state index contributed by atoms with van der Waals surface area (Å²) < 4.78 is 0. The molecule has 0 aromatic heterocycles. The zero-order valence-electron chi connectivity index (χ0n) is 13.8. The van der Waals surface area contributed by atoms with E-state index in [4.69, 9.17) is 0 Å². The Morgan fingerprint density at radius 2 is 1.74 bits per heavy atom. The van der Waals surface area contributed by atoms with Crippen LogP contribution in [0.5, 0.6) is 0 Å². The fourth-order valence-corrected chi connectivity index (χ4v) is 3.58. The van der Waals surface area contributed by atoms with Crippen molar-refractivity contribution >= 4 is 11.8 Å². The Balaban J connectivity index is 1.68. The summed E-state index contributed by atoms with van der Waals surface area (Å²) >= 11 is 0. The molecule has 0 bridgehead atoms. The van der Waals surface area contributed by atoms with Gasteiger partial charge in [0.1, 0.15) is 0 Å². The number of piperazine rings is 1. The van der Waals surface area contributed by atoms with Crippen LogP contribution in [-0.2, 0) is 9.59 Å². The minimum absolute atomic E-state index is 0.0360. The highest BCUT2D eigenvalue weighted by atomic mass is 16.2. The van der Waals surface area contributed by atoms with Gasteiger partial charge in [0.2, 0.25) is 11.8 Å². The minimum Gasteiger partial charge on any atom is -0.342 e. The van der Waals surface area contributed by atoms with E-state index in [2.05, 4.69) is 17.0 Å². The van der Waals surface area contributed by atoms with E-state index in [1.54, 1.807) is 6.92 Å². The van der Waals surface area contributed by atoms with Crippen molar-refractivity contribution in [3.8, 4) is 0 Å². The van der Waals surface area contributed by atoms with E-state index in [1.807, 2.05) is 28.0 Å². The van der Waals surface area contributed by atoms with E-state index >= 15 is 0 Å². The lowest BCUT2D eigenvalue weighted by Gasteiger charge is -2.41. The number of carbonyl (C=O) groups is 2. The molecule has 124 valence electrons. The van der Waals surface area contributed by atoms with Gasteiger partial charge in [-0.05, 0) is 18.4 Å². The first-order chi connectivity index (χ1) is 11.1. The third-order valence-corrected chi connectivity index (χ3v) is 4.87. The number of hydrogen-bond acceptors (Lipinski definition) is 3. The normalized spacial score (nSPS) is 22.4. The summed E-state index contributed by atoms with van der Waals surface area (Å²) in [6, 6.07) is 10.1. The Hall–Kier alpha value is -1.88. The SMILES string of the molecule is CC(=O)N1CCN(CC(=O)N2CCCC2)CC1c1ccccc1. The van der Waals surface area contributed by atoms with Crippen LogP contribution >= 0.6 is 0 Å². The van der Waals surface area contributed by atoms with Crippen LogP contribution < -0.4 is 0 Å². The molecule has 5 heteroatoms. The molecule has 2 aliphatic heterocycles. The van der Waals surface area contributed by atoms with Crippen molar-refractivity contribution in [2.24, 2.45) is 0 Å². The van der Waals surface area contributed by atoms with E-state index in [1.165, 1.54) is 0 Å². The third kappa shape index (κ3) is 3.72. The number of rotatable bonds is 3. The fourth-order valence-electron chi connectivity index (χ4n) is 3.58. The summed E-state index contributed by atoms with van der Waals surface area (Å²) in [7, 11) is 0. The van der Waals surface area contributed by atoms with Gasteiger partial charge in [-0.2, -0.15) is 0 Å². The van der Waals surface area contributed by atoms with E-state index in [0.717, 1.165) is 44.6 Å². The molecule has 2 fully saturated rings. The van der Waals surface area contributed by atoms with E-state index in [0.29, 0.717) is 13.1 Å². The van der Waals surface area contributed by atoms with E-state index in [9.17, 15) is 9.59 Å². The average Bonchev–Trinajstić information content (AvgIpc) is 3.10. The molecular formula is C18H25N3O2. The molecule has 1 atom stereocenters. The van der Waals surface area contributed by atoms with Gasteiger partial charge in [-0.25, -0.2) is 0 Å². The van der Waals surface area contributed by atoms with Gasteiger partial charge in [0.05, 0.1) is 12.6 Å². The summed E-state index contributed by atoms with van der Waals surface area (Å²) in [5.74, 6) is 0.329. The van der Waals surface area contributed by atoms with Crippen molar-refractivity contribution in [2.45, 2.75) is 25.8 Å². The Labute approximate surface area is 137 Å². The van der Waals surface area contributed by atoms with Crippen molar-refractivity contribution in [1.29, 1.82) is 0 Å². The monoisotopic (exact) mass is 315 g/mol. The number of nitrogens with zero attached hydrogens (tertiary/aromatic N) is 3. The van der Waals surface area contributed by atoms with Crippen LogP contribution in [0.3, 0.4) is 0 Å². The quantitative estimate of drug-likeness (QED) is 0.849. The van der Waals surface area contributed by atoms with E-state index < -0.39 is 0 Å². The molecule has 0 aliphatic carbocycles. The molecule has 1 unspecified atom stereocenters. The summed E-state index contributed by atoms with van der Waals surface area (Å²) in [4.78, 5) is 30.4. The van der Waals surface area contributed by atoms with Gasteiger partial charge < -0.3 is 9.80 Å². The number of carbonyl (C=O) groups excluding carboxylic acids is 2. The molecule has 1 aromatic carbocycles. The number of amides is 2. The lowest BCUT2D eigenvalue weighted by Crippen LogP contribution is -2.52. The van der Waals surface area contributed by atoms with Crippen molar-refractivity contribution in [1.82, 2.24) is 14.7 Å². The van der Waals surface area contributed by atoms with Crippen LogP contribution in [0.1, 0.15) is 31.4 Å². The lowest BCUT2D eigenvalue weighted by atomic mass is 10.0. The molecule has 5 nitrogen and oxygen atoms in total. The maximum atomic E-state index is 12.4. The second-order valence-electron chi connectivity index (χ2n) is 6.46. The molecule has 2 aliphatic rings. The molecule has 0 saturated carbocycles. The van der Waals surface area contributed by atoms with Crippen LogP contribution in [0.4, 0.5) is 0 Å². The molecular weight excluding hydrogens is 290 g/mol. The topological polar surface area (TPSA) is 43.9 Å². The van der Waals surface area contributed by atoms with Gasteiger partial charge in [0.25, 0.3) is 0 Å². The van der Waals surface area contributed by atoms with E-state index in [-0.39, 0.29) is 17.9 Å². The van der Waals surface area contributed by atoms with Crippen molar-refractivity contribution in [2.75, 3.05) is 39.3 Å². The molecule has 3 rings (SSSR count). The second kappa shape index (κ2) is 7.13. The summed E-state index contributed by atoms with van der Waals surface area (Å²) in [6.07, 6.45) is 2.24. The lowest BCUT2D eigenvalue weighted by molar-refractivity contribution is -0.136. The predicted octanol–water partition coefficient (Wildman–Crippen LogP) is 1.51. The largest absolute Gasteiger partial charge is 0.342 e. The molecule has 23 heavy (non-hydrogen) atoms. The molecule has 0 spiro atoms. The van der Waals surface area contributed by atoms with Crippen molar-refractivity contribution < 1.29 is 9.59 Å². The Morgan fingerprint density at radius 3 is 2.39 bits per heavy atom. The highest BCUT2D eigenvalue weighted by Crippen LogP contribution is 2.25. The highest BCUT2D eigenvalue weighted by Gasteiger charge is 2.31. The van der Waals surface area contributed by atoms with Crippen LogP contribution in [0.2, 0.25) is 0 Å². The summed E-state index contributed by atoms with van der Waals surface area (Å²) in [5.41, 5.74) is 1.14. The molecule has 2 heterocycles. The van der Waals surface area contributed by atoms with Crippen LogP contribution in [-0.4, -0.2) is 65.8 Å². The zero-order valence-corrected chi connectivity index (χ0v) is 13.8. The van der Waals surface area contributed by atoms with Crippen molar-refractivity contribution in [3.05, 3.63) is 35.9 Å². The standard InChI is InChI=1S/C18H25N3O2/c1-15(22)21-12-11-19(14-18(23)20-9-5-6-10-20)13-17(21)16-7-3-2-4-8-16/h2-4,7-8,17H,5-6,9-14H2,1H3. The van der Waals surface area contributed by atoms with Gasteiger partial charge in [-0.15, -0.1) is 0 Å². The first-order valence-corrected chi connectivity index (χ1v) is 8.47. The molecule has 2 saturated heterocycles. The smallest absolute Gasteiger partial charge is 0.236 e. The number of likely N-dealkylation sites (tertiary alicyclic amines) is 1. The maximum Gasteiger partial charge on any atom is 0.236 e. The highest BCUT2D eigenvalue weighted by molar-refractivity contribution is 5.78. The minimum atomic E-state index is 0.0360. The van der Waals surface area contributed by atoms with Gasteiger partial charge >= 0.3 is 0 Å². The molecule has 0 radical (unpaired) electrons.